The van der Waals surface area contributed by atoms with Gasteiger partial charge < -0.3 is 24.7 Å². The van der Waals surface area contributed by atoms with Crippen LogP contribution in [0.15, 0.2) is 48.5 Å². The number of carbonyl (C=O) groups is 2. The van der Waals surface area contributed by atoms with Crippen LogP contribution in [0, 0.1) is 0 Å². The Balaban J connectivity index is 1.87. The van der Waals surface area contributed by atoms with Gasteiger partial charge in [-0.1, -0.05) is 140 Å². The quantitative estimate of drug-likeness (QED) is 0.150. The summed E-state index contributed by atoms with van der Waals surface area (Å²) < 4.78 is 6.12. The van der Waals surface area contributed by atoms with Gasteiger partial charge in [0.25, 0.3) is 0 Å². The van der Waals surface area contributed by atoms with Crippen molar-refractivity contribution in [3.8, 4) is 5.75 Å². The summed E-state index contributed by atoms with van der Waals surface area (Å²) in [6.45, 7) is 10.0. The second-order valence-corrected chi connectivity index (χ2v) is 15.7. The number of rotatable bonds is 19. The van der Waals surface area contributed by atoms with Crippen LogP contribution in [0.1, 0.15) is 160 Å². The Morgan fingerprint density at radius 2 is 1.47 bits per heavy atom. The number of aliphatic hydroxyl groups is 1. The molecule has 2 fully saturated rings. The zero-order valence-electron chi connectivity index (χ0n) is 31.9. The van der Waals surface area contributed by atoms with E-state index in [-0.39, 0.29) is 5.91 Å². The van der Waals surface area contributed by atoms with Crippen molar-refractivity contribution >= 4 is 23.6 Å². The highest BCUT2D eigenvalue weighted by atomic mass is 35.5. The molecule has 2 aromatic carbocycles. The molecule has 2 aromatic rings. The fourth-order valence-corrected chi connectivity index (χ4v) is 9.59. The van der Waals surface area contributed by atoms with Crippen LogP contribution < -0.4 is 4.74 Å². The predicted molar refractivity (Wildman–Crippen MR) is 208 cm³/mol. The fraction of sp³-hybridized carbons (Fsp3) is 0.674. The fourth-order valence-electron chi connectivity index (χ4n) is 9.34. The summed E-state index contributed by atoms with van der Waals surface area (Å²) >= 11 is 6.93. The third-order valence-electron chi connectivity index (χ3n) is 12.0. The van der Waals surface area contributed by atoms with E-state index in [2.05, 4.69) is 32.6 Å². The molecule has 4 rings (SSSR count). The van der Waals surface area contributed by atoms with Crippen molar-refractivity contribution in [2.75, 3.05) is 13.1 Å². The van der Waals surface area contributed by atoms with E-state index in [1.54, 1.807) is 4.90 Å². The minimum absolute atomic E-state index is 0.0815. The van der Waals surface area contributed by atoms with Crippen LogP contribution in [-0.2, 0) is 11.4 Å². The minimum Gasteiger partial charge on any atom is -0.487 e. The first-order chi connectivity index (χ1) is 24.6. The SMILES string of the molecule is CCCCN(C(=O)O)[C@@]1(CCCC)CCCN(C(=O)C(c2ccc(OCc3ccccc3)c(Cl)c2)C2(O)CCCCC2)C1(CCCC)CCCC. The molecule has 0 aromatic heterocycles. The lowest BCUT2D eigenvalue weighted by molar-refractivity contribution is -0.168. The van der Waals surface area contributed by atoms with Crippen molar-refractivity contribution < 1.29 is 24.5 Å². The lowest BCUT2D eigenvalue weighted by atomic mass is 9.61. The second kappa shape index (κ2) is 19.3. The minimum atomic E-state index is -1.23. The highest BCUT2D eigenvalue weighted by Gasteiger charge is 2.62. The van der Waals surface area contributed by atoms with E-state index in [0.29, 0.717) is 48.9 Å². The van der Waals surface area contributed by atoms with E-state index >= 15 is 4.79 Å². The number of carbonyl (C=O) groups excluding carboxylic acids is 1. The van der Waals surface area contributed by atoms with Crippen LogP contribution in [0.5, 0.6) is 5.75 Å². The molecule has 1 heterocycles. The number of carboxylic acid groups (broad SMARTS) is 1. The average Bonchev–Trinajstić information content (AvgIpc) is 3.13. The molecule has 1 aliphatic heterocycles. The summed E-state index contributed by atoms with van der Waals surface area (Å²) in [4.78, 5) is 33.0. The monoisotopic (exact) mass is 724 g/mol. The van der Waals surface area contributed by atoms with E-state index in [0.717, 1.165) is 108 Å². The molecule has 2 amide bonds. The smallest absolute Gasteiger partial charge is 0.407 e. The van der Waals surface area contributed by atoms with E-state index < -0.39 is 28.7 Å². The van der Waals surface area contributed by atoms with E-state index in [4.69, 9.17) is 16.3 Å². The predicted octanol–water partition coefficient (Wildman–Crippen LogP) is 11.1. The summed E-state index contributed by atoms with van der Waals surface area (Å²) in [6, 6.07) is 15.5. The zero-order chi connectivity index (χ0) is 36.9. The second-order valence-electron chi connectivity index (χ2n) is 15.3. The third kappa shape index (κ3) is 9.25. The summed E-state index contributed by atoms with van der Waals surface area (Å²) in [6.07, 6.45) is 13.8. The Morgan fingerprint density at radius 1 is 0.843 bits per heavy atom. The van der Waals surface area contributed by atoms with Gasteiger partial charge in [-0.2, -0.15) is 0 Å². The Bertz CT molecular complexity index is 1370. The molecule has 0 bridgehead atoms. The Labute approximate surface area is 313 Å². The molecular formula is C43H65ClN2O5. The maximum absolute atomic E-state index is 15.7. The molecule has 2 N–H and O–H groups in total. The van der Waals surface area contributed by atoms with Gasteiger partial charge in [-0.15, -0.1) is 0 Å². The Kier molecular flexibility index (Phi) is 15.6. The van der Waals surface area contributed by atoms with Crippen molar-refractivity contribution in [2.24, 2.45) is 0 Å². The first-order valence-corrected chi connectivity index (χ1v) is 20.5. The number of unbranched alkanes of at least 4 members (excludes halogenated alkanes) is 4. The summed E-state index contributed by atoms with van der Waals surface area (Å²) in [5, 5.41) is 24.0. The maximum atomic E-state index is 15.7. The van der Waals surface area contributed by atoms with Crippen molar-refractivity contribution in [1.29, 1.82) is 0 Å². The first kappa shape index (κ1) is 41.0. The molecule has 7 nitrogen and oxygen atoms in total. The summed E-state index contributed by atoms with van der Waals surface area (Å²) in [5.74, 6) is -0.366. The van der Waals surface area contributed by atoms with Crippen molar-refractivity contribution in [3.05, 3.63) is 64.7 Å². The Hall–Kier alpha value is -2.77. The van der Waals surface area contributed by atoms with Gasteiger partial charge in [0.1, 0.15) is 12.4 Å². The number of amides is 2. The molecule has 51 heavy (non-hydrogen) atoms. The molecule has 1 unspecified atom stereocenters. The van der Waals surface area contributed by atoms with Crippen LogP contribution in [0.3, 0.4) is 0 Å². The van der Waals surface area contributed by atoms with Crippen molar-refractivity contribution in [3.63, 3.8) is 0 Å². The van der Waals surface area contributed by atoms with Crippen LogP contribution in [0.25, 0.3) is 0 Å². The van der Waals surface area contributed by atoms with Crippen LogP contribution in [0.2, 0.25) is 5.02 Å². The molecule has 1 aliphatic carbocycles. The Morgan fingerprint density at radius 3 is 2.06 bits per heavy atom. The maximum Gasteiger partial charge on any atom is 0.407 e. The largest absolute Gasteiger partial charge is 0.487 e. The molecule has 2 atom stereocenters. The number of hydrogen-bond acceptors (Lipinski definition) is 4. The van der Waals surface area contributed by atoms with Crippen LogP contribution in [0.4, 0.5) is 4.79 Å². The van der Waals surface area contributed by atoms with Crippen molar-refractivity contribution in [1.82, 2.24) is 9.80 Å². The number of piperidine rings is 1. The number of benzene rings is 2. The van der Waals surface area contributed by atoms with Gasteiger partial charge in [-0.25, -0.2) is 4.79 Å². The highest BCUT2D eigenvalue weighted by molar-refractivity contribution is 6.32. The zero-order valence-corrected chi connectivity index (χ0v) is 32.7. The summed E-state index contributed by atoms with van der Waals surface area (Å²) in [7, 11) is 0. The number of hydrogen-bond donors (Lipinski definition) is 2. The van der Waals surface area contributed by atoms with Gasteiger partial charge in [0.15, 0.2) is 0 Å². The number of nitrogens with zero attached hydrogens (tertiary/aromatic N) is 2. The van der Waals surface area contributed by atoms with Gasteiger partial charge >= 0.3 is 6.09 Å². The topological polar surface area (TPSA) is 90.3 Å². The standard InChI is InChI=1S/C43H65ClN2O5/c1-5-9-26-42(27-10-6-2)43(28-11-7-3,46(40(48)49)30-12-8-4)29-19-31-45(42)39(47)38(41(50)24-17-14-18-25-41)35-22-23-37(36(44)32-35)51-33-34-20-15-13-16-21-34/h13,15-16,20-23,32,38,50H,5-12,14,17-19,24-31,33H2,1-4H3,(H,48,49)/t38?,43-/m0/s1. The van der Waals surface area contributed by atoms with E-state index in [1.807, 2.05) is 48.5 Å². The van der Waals surface area contributed by atoms with Crippen LogP contribution in [-0.4, -0.2) is 61.8 Å². The van der Waals surface area contributed by atoms with Gasteiger partial charge in [-0.05, 0) is 74.6 Å². The van der Waals surface area contributed by atoms with Crippen molar-refractivity contribution in [2.45, 2.75) is 172 Å². The molecule has 0 radical (unpaired) electrons. The van der Waals surface area contributed by atoms with Gasteiger partial charge in [0.05, 0.1) is 27.6 Å². The lowest BCUT2D eigenvalue weighted by Crippen LogP contribution is -2.75. The molecule has 1 saturated carbocycles. The highest BCUT2D eigenvalue weighted by Crippen LogP contribution is 2.53. The molecule has 8 heteroatoms. The average molecular weight is 725 g/mol. The normalized spacial score (nSPS) is 20.5. The number of likely N-dealkylation sites (tertiary alicyclic amines) is 1. The number of ether oxygens (including phenoxy) is 1. The molecule has 1 saturated heterocycles. The van der Waals surface area contributed by atoms with Gasteiger partial charge in [0, 0.05) is 13.1 Å². The number of halogens is 1. The summed E-state index contributed by atoms with van der Waals surface area (Å²) in [5.41, 5.74) is -0.906. The van der Waals surface area contributed by atoms with E-state index in [1.165, 1.54) is 0 Å². The lowest BCUT2D eigenvalue weighted by Gasteiger charge is -2.64. The third-order valence-corrected chi connectivity index (χ3v) is 12.3. The van der Waals surface area contributed by atoms with Gasteiger partial charge in [-0.3, -0.25) is 4.79 Å². The molecule has 0 spiro atoms. The van der Waals surface area contributed by atoms with Crippen LogP contribution >= 0.6 is 11.6 Å². The van der Waals surface area contributed by atoms with Gasteiger partial charge in [0.2, 0.25) is 5.91 Å². The first-order valence-electron chi connectivity index (χ1n) is 20.1. The molecular weight excluding hydrogens is 660 g/mol. The molecule has 2 aliphatic rings. The molecule has 284 valence electrons. The van der Waals surface area contributed by atoms with E-state index in [9.17, 15) is 15.0 Å².